The van der Waals surface area contributed by atoms with Crippen LogP contribution in [0.2, 0.25) is 0 Å². The summed E-state index contributed by atoms with van der Waals surface area (Å²) < 4.78 is 3.82. The van der Waals surface area contributed by atoms with Gasteiger partial charge in [0.1, 0.15) is 18.7 Å². The number of rotatable bonds is 7. The lowest BCUT2D eigenvalue weighted by Crippen LogP contribution is -2.22. The molecule has 0 saturated carbocycles. The monoisotopic (exact) mass is 290 g/mol. The Morgan fingerprint density at radius 3 is 2.67 bits per heavy atom. The van der Waals surface area contributed by atoms with Crippen LogP contribution in [0.3, 0.4) is 0 Å². The van der Waals surface area contributed by atoms with E-state index in [1.165, 1.54) is 11.3 Å². The van der Waals surface area contributed by atoms with Crippen LogP contribution in [0.25, 0.3) is 0 Å². The molecule has 2 aromatic heterocycles. The molecule has 2 heterocycles. The van der Waals surface area contributed by atoms with E-state index in [-0.39, 0.29) is 0 Å². The maximum atomic E-state index is 4.65. The molecule has 0 amide bonds. The van der Waals surface area contributed by atoms with Crippen molar-refractivity contribution in [2.24, 2.45) is 13.0 Å². The average molecular weight is 290 g/mol. The lowest BCUT2D eigenvalue weighted by Gasteiger charge is -2.08. The summed E-state index contributed by atoms with van der Waals surface area (Å²) >= 11 is 0. The van der Waals surface area contributed by atoms with Gasteiger partial charge >= 0.3 is 0 Å². The molecule has 0 aliphatic carbocycles. The second-order valence-corrected chi connectivity index (χ2v) is 5.95. The summed E-state index contributed by atoms with van der Waals surface area (Å²) in [6.45, 7) is 11.4. The van der Waals surface area contributed by atoms with Crippen molar-refractivity contribution in [3.63, 3.8) is 0 Å². The smallest absolute Gasteiger partial charge is 0.148 e. The molecule has 0 aromatic carbocycles. The molecule has 0 unspecified atom stereocenters. The first-order valence-electron chi connectivity index (χ1n) is 7.55. The van der Waals surface area contributed by atoms with E-state index < -0.39 is 0 Å². The van der Waals surface area contributed by atoms with Crippen LogP contribution in [0.4, 0.5) is 0 Å². The lowest BCUT2D eigenvalue weighted by atomic mass is 10.1. The molecule has 0 fully saturated rings. The Hall–Kier alpha value is -1.69. The van der Waals surface area contributed by atoms with E-state index in [1.807, 2.05) is 11.7 Å². The summed E-state index contributed by atoms with van der Waals surface area (Å²) in [6, 6.07) is 0. The Morgan fingerprint density at radius 2 is 2.05 bits per heavy atom. The maximum Gasteiger partial charge on any atom is 0.148 e. The molecule has 21 heavy (non-hydrogen) atoms. The molecule has 2 rings (SSSR count). The first-order valence-corrected chi connectivity index (χ1v) is 7.55. The second kappa shape index (κ2) is 6.85. The Labute approximate surface area is 126 Å². The SMILES string of the molecule is Cc1nn(Cc2ncnn2C)c(C)c1CCNCC(C)C. The van der Waals surface area contributed by atoms with Crippen molar-refractivity contribution in [2.75, 3.05) is 13.1 Å². The number of aromatic nitrogens is 5. The molecule has 1 N–H and O–H groups in total. The average Bonchev–Trinajstić information content (AvgIpc) is 2.92. The molecule has 116 valence electrons. The second-order valence-electron chi connectivity index (χ2n) is 5.95. The summed E-state index contributed by atoms with van der Waals surface area (Å²) in [7, 11) is 1.91. The van der Waals surface area contributed by atoms with Gasteiger partial charge in [0.15, 0.2) is 0 Å². The molecular formula is C15H26N6. The van der Waals surface area contributed by atoms with Crippen LogP contribution < -0.4 is 5.32 Å². The van der Waals surface area contributed by atoms with E-state index in [0.29, 0.717) is 12.5 Å². The zero-order chi connectivity index (χ0) is 15.4. The van der Waals surface area contributed by atoms with Crippen molar-refractivity contribution in [3.05, 3.63) is 29.1 Å². The van der Waals surface area contributed by atoms with Gasteiger partial charge in [0.05, 0.1) is 5.69 Å². The van der Waals surface area contributed by atoms with Crippen molar-refractivity contribution in [1.29, 1.82) is 0 Å². The lowest BCUT2D eigenvalue weighted by molar-refractivity contribution is 0.553. The van der Waals surface area contributed by atoms with Crippen LogP contribution in [0, 0.1) is 19.8 Å². The van der Waals surface area contributed by atoms with Gasteiger partial charge in [-0.1, -0.05) is 13.8 Å². The molecule has 2 aromatic rings. The van der Waals surface area contributed by atoms with Gasteiger partial charge in [-0.15, -0.1) is 0 Å². The van der Waals surface area contributed by atoms with E-state index >= 15 is 0 Å². The third-order valence-corrected chi connectivity index (χ3v) is 3.73. The molecule has 6 heteroatoms. The topological polar surface area (TPSA) is 60.6 Å². The first-order chi connectivity index (χ1) is 9.99. The normalized spacial score (nSPS) is 11.5. The van der Waals surface area contributed by atoms with Gasteiger partial charge < -0.3 is 5.32 Å². The summed E-state index contributed by atoms with van der Waals surface area (Å²) in [5.74, 6) is 1.61. The van der Waals surface area contributed by atoms with Gasteiger partial charge in [0, 0.05) is 12.7 Å². The van der Waals surface area contributed by atoms with Crippen LogP contribution in [0.15, 0.2) is 6.33 Å². The minimum Gasteiger partial charge on any atom is -0.316 e. The van der Waals surface area contributed by atoms with Gasteiger partial charge in [0.2, 0.25) is 0 Å². The van der Waals surface area contributed by atoms with Crippen molar-refractivity contribution in [2.45, 2.75) is 40.7 Å². The third kappa shape index (κ3) is 3.91. The van der Waals surface area contributed by atoms with Crippen molar-refractivity contribution in [1.82, 2.24) is 29.9 Å². The zero-order valence-corrected chi connectivity index (χ0v) is 13.7. The standard InChI is InChI=1S/C15H26N6/c1-11(2)8-16-7-6-14-12(3)19-21(13(14)4)9-15-17-10-18-20(15)5/h10-11,16H,6-9H2,1-5H3. The maximum absolute atomic E-state index is 4.65. The van der Waals surface area contributed by atoms with Crippen LogP contribution in [-0.4, -0.2) is 37.6 Å². The Bertz CT molecular complexity index is 581. The first kappa shape index (κ1) is 15.7. The summed E-state index contributed by atoms with van der Waals surface area (Å²) in [6.07, 6.45) is 2.60. The Morgan fingerprint density at radius 1 is 1.29 bits per heavy atom. The number of hydrogen-bond donors (Lipinski definition) is 1. The van der Waals surface area contributed by atoms with Crippen molar-refractivity contribution in [3.8, 4) is 0 Å². The zero-order valence-electron chi connectivity index (χ0n) is 13.7. The van der Waals surface area contributed by atoms with Crippen LogP contribution in [-0.2, 0) is 20.0 Å². The molecular weight excluding hydrogens is 264 g/mol. The number of nitrogens with one attached hydrogen (secondary N) is 1. The fourth-order valence-electron chi connectivity index (χ4n) is 2.45. The van der Waals surface area contributed by atoms with Crippen LogP contribution in [0.5, 0.6) is 0 Å². The van der Waals surface area contributed by atoms with Crippen molar-refractivity contribution < 1.29 is 0 Å². The van der Waals surface area contributed by atoms with E-state index in [1.54, 1.807) is 11.0 Å². The van der Waals surface area contributed by atoms with Gasteiger partial charge in [0.25, 0.3) is 0 Å². The molecule has 0 bridgehead atoms. The molecule has 0 aliphatic heterocycles. The Balaban J connectivity index is 2.02. The van der Waals surface area contributed by atoms with Crippen LogP contribution in [0.1, 0.15) is 36.6 Å². The number of aryl methyl sites for hydroxylation is 2. The molecule has 6 nitrogen and oxygen atoms in total. The van der Waals surface area contributed by atoms with Crippen LogP contribution >= 0.6 is 0 Å². The third-order valence-electron chi connectivity index (χ3n) is 3.73. The highest BCUT2D eigenvalue weighted by atomic mass is 15.4. The van der Waals surface area contributed by atoms with Gasteiger partial charge in [-0.3, -0.25) is 9.36 Å². The highest BCUT2D eigenvalue weighted by molar-refractivity contribution is 5.25. The highest BCUT2D eigenvalue weighted by Crippen LogP contribution is 2.14. The van der Waals surface area contributed by atoms with E-state index in [2.05, 4.69) is 48.2 Å². The van der Waals surface area contributed by atoms with E-state index in [9.17, 15) is 0 Å². The number of nitrogens with zero attached hydrogens (tertiary/aromatic N) is 5. The summed E-state index contributed by atoms with van der Waals surface area (Å²) in [4.78, 5) is 4.26. The summed E-state index contributed by atoms with van der Waals surface area (Å²) in [5, 5.41) is 12.2. The minimum atomic E-state index is 0.669. The quantitative estimate of drug-likeness (QED) is 0.784. The number of hydrogen-bond acceptors (Lipinski definition) is 4. The fourth-order valence-corrected chi connectivity index (χ4v) is 2.45. The molecule has 0 atom stereocenters. The largest absolute Gasteiger partial charge is 0.316 e. The minimum absolute atomic E-state index is 0.669. The predicted molar refractivity (Wildman–Crippen MR) is 83.2 cm³/mol. The fraction of sp³-hybridized carbons (Fsp3) is 0.667. The molecule has 0 saturated heterocycles. The van der Waals surface area contributed by atoms with Gasteiger partial charge in [-0.05, 0) is 44.8 Å². The molecule has 0 spiro atoms. The van der Waals surface area contributed by atoms with Gasteiger partial charge in [-0.25, -0.2) is 4.98 Å². The van der Waals surface area contributed by atoms with Gasteiger partial charge in [-0.2, -0.15) is 10.2 Å². The van der Waals surface area contributed by atoms with E-state index in [4.69, 9.17) is 0 Å². The molecule has 0 aliphatic rings. The van der Waals surface area contributed by atoms with Crippen molar-refractivity contribution >= 4 is 0 Å². The highest BCUT2D eigenvalue weighted by Gasteiger charge is 2.13. The Kier molecular flexibility index (Phi) is 5.12. The predicted octanol–water partition coefficient (Wildman–Crippen LogP) is 1.46. The molecule has 0 radical (unpaired) electrons. The van der Waals surface area contributed by atoms with E-state index in [0.717, 1.165) is 31.0 Å². The summed E-state index contributed by atoms with van der Waals surface area (Å²) in [5.41, 5.74) is 3.68.